The molecule has 4 rings (SSSR count). The van der Waals surface area contributed by atoms with Crippen LogP contribution in [-0.4, -0.2) is 64.9 Å². The fourth-order valence-electron chi connectivity index (χ4n) is 4.29. The molecule has 0 bridgehead atoms. The molecule has 1 N–H and O–H groups in total. The zero-order valence-electron chi connectivity index (χ0n) is 20.5. The van der Waals surface area contributed by atoms with Gasteiger partial charge in [-0.15, -0.1) is 6.42 Å². The average Bonchev–Trinajstić information content (AvgIpc) is 3.49. The molecule has 2 atom stereocenters. The lowest BCUT2D eigenvalue weighted by molar-refractivity contribution is 0.00935. The van der Waals surface area contributed by atoms with Gasteiger partial charge in [0.05, 0.1) is 35.8 Å². The normalized spacial score (nSPS) is 16.2. The van der Waals surface area contributed by atoms with E-state index in [0.717, 1.165) is 36.4 Å². The summed E-state index contributed by atoms with van der Waals surface area (Å²) in [4.78, 5) is 2.14. The molecule has 0 radical (unpaired) electrons. The largest absolute Gasteiger partial charge is 0.439 e. The van der Waals surface area contributed by atoms with E-state index in [1.807, 2.05) is 37.3 Å². The fraction of sp³-hybridized carbons (Fsp3) is 0.393. The predicted molar refractivity (Wildman–Crippen MR) is 135 cm³/mol. The first-order valence-corrected chi connectivity index (χ1v) is 12.1. The fourth-order valence-corrected chi connectivity index (χ4v) is 4.29. The van der Waals surface area contributed by atoms with E-state index in [1.54, 1.807) is 16.8 Å². The summed E-state index contributed by atoms with van der Waals surface area (Å²) < 4.78 is 32.8. The topological polar surface area (TPSA) is 69.0 Å². The number of aromatic nitrogens is 2. The highest BCUT2D eigenvalue weighted by Gasteiger charge is 2.26. The van der Waals surface area contributed by atoms with Crippen molar-refractivity contribution in [3.05, 3.63) is 71.7 Å². The van der Waals surface area contributed by atoms with Crippen molar-refractivity contribution >= 4 is 0 Å². The van der Waals surface area contributed by atoms with Crippen molar-refractivity contribution in [2.24, 2.45) is 0 Å². The second kappa shape index (κ2) is 12.7. The Hall–Kier alpha value is -3.22. The number of nitrogens with zero attached hydrogens (tertiary/aromatic N) is 3. The van der Waals surface area contributed by atoms with Crippen LogP contribution in [0.4, 0.5) is 4.39 Å². The van der Waals surface area contributed by atoms with Crippen LogP contribution in [0.1, 0.15) is 24.1 Å². The monoisotopic (exact) mass is 493 g/mol. The van der Waals surface area contributed by atoms with Crippen LogP contribution < -0.4 is 4.74 Å². The van der Waals surface area contributed by atoms with E-state index >= 15 is 0 Å². The second-order valence-electron chi connectivity index (χ2n) is 8.87. The van der Waals surface area contributed by atoms with Gasteiger partial charge in [-0.2, -0.15) is 5.10 Å². The maximum atomic E-state index is 13.5. The lowest BCUT2D eigenvalue weighted by Crippen LogP contribution is -2.39. The van der Waals surface area contributed by atoms with Gasteiger partial charge in [-0.1, -0.05) is 24.1 Å². The summed E-state index contributed by atoms with van der Waals surface area (Å²) in [6.45, 7) is 4.48. The van der Waals surface area contributed by atoms with Crippen molar-refractivity contribution in [1.29, 1.82) is 0 Å². The first-order chi connectivity index (χ1) is 17.5. The Morgan fingerprint density at radius 2 is 2.03 bits per heavy atom. The number of aryl methyl sites for hydroxylation is 1. The zero-order valence-corrected chi connectivity index (χ0v) is 20.5. The van der Waals surface area contributed by atoms with E-state index in [9.17, 15) is 9.50 Å². The number of aliphatic hydroxyl groups is 1. The maximum absolute atomic E-state index is 13.5. The molecule has 2 heterocycles. The maximum Gasteiger partial charge on any atom is 0.227 e. The standard InChI is InChI=1S/C28H32FN3O4/c1-3-15-34-20-24(33)17-31(18-26-10-7-16-35-26)19-27-21(2)30-32(23-8-5-4-6-9-23)28(27)36-25-13-11-22(29)12-14-25/h1,4-6,8-9,11-14,24,26,33H,7,10,15-20H2,2H3/t24-,26+/m1/s1. The summed E-state index contributed by atoms with van der Waals surface area (Å²) in [7, 11) is 0. The molecular weight excluding hydrogens is 461 g/mol. The second-order valence-corrected chi connectivity index (χ2v) is 8.87. The van der Waals surface area contributed by atoms with Crippen LogP contribution in [0.2, 0.25) is 0 Å². The van der Waals surface area contributed by atoms with E-state index in [-0.39, 0.29) is 25.1 Å². The Morgan fingerprint density at radius 3 is 2.72 bits per heavy atom. The zero-order chi connectivity index (χ0) is 25.3. The van der Waals surface area contributed by atoms with E-state index in [4.69, 9.17) is 25.7 Å². The van der Waals surface area contributed by atoms with E-state index in [1.165, 1.54) is 12.1 Å². The van der Waals surface area contributed by atoms with Crippen molar-refractivity contribution in [2.45, 2.75) is 38.5 Å². The van der Waals surface area contributed by atoms with Crippen LogP contribution in [0, 0.1) is 25.1 Å². The minimum absolute atomic E-state index is 0.0924. The number of aliphatic hydroxyl groups excluding tert-OH is 1. The molecule has 1 aromatic heterocycles. The SMILES string of the molecule is C#CCOC[C@H](O)CN(Cc1c(C)nn(-c2ccccc2)c1Oc1ccc(F)cc1)C[C@@H]1CCCO1. The molecule has 0 aliphatic carbocycles. The molecule has 8 heteroatoms. The van der Waals surface area contributed by atoms with Gasteiger partial charge in [0, 0.05) is 26.2 Å². The number of hydrogen-bond donors (Lipinski definition) is 1. The summed E-state index contributed by atoms with van der Waals surface area (Å²) in [5.74, 6) is 3.13. The molecule has 1 aliphatic rings. The van der Waals surface area contributed by atoms with Crippen molar-refractivity contribution in [1.82, 2.24) is 14.7 Å². The number of para-hydroxylation sites is 1. The molecule has 190 valence electrons. The van der Waals surface area contributed by atoms with Gasteiger partial charge in [-0.25, -0.2) is 9.07 Å². The molecular formula is C28H32FN3O4. The highest BCUT2D eigenvalue weighted by molar-refractivity contribution is 5.43. The van der Waals surface area contributed by atoms with Gasteiger partial charge in [0.1, 0.15) is 18.2 Å². The lowest BCUT2D eigenvalue weighted by atomic mass is 10.1. The number of rotatable bonds is 12. The molecule has 0 spiro atoms. The molecule has 1 aliphatic heterocycles. The van der Waals surface area contributed by atoms with E-state index < -0.39 is 6.10 Å². The molecule has 0 unspecified atom stereocenters. The van der Waals surface area contributed by atoms with Crippen LogP contribution in [-0.2, 0) is 16.0 Å². The number of halogens is 1. The van der Waals surface area contributed by atoms with Crippen molar-refractivity contribution < 1.29 is 23.7 Å². The first-order valence-electron chi connectivity index (χ1n) is 12.1. The third kappa shape index (κ3) is 6.93. The number of benzene rings is 2. The van der Waals surface area contributed by atoms with Crippen LogP contribution in [0.5, 0.6) is 11.6 Å². The molecule has 2 aromatic carbocycles. The molecule has 3 aromatic rings. The number of hydrogen-bond acceptors (Lipinski definition) is 6. The van der Waals surface area contributed by atoms with Gasteiger partial charge in [-0.3, -0.25) is 4.90 Å². The van der Waals surface area contributed by atoms with Gasteiger partial charge in [0.2, 0.25) is 5.88 Å². The van der Waals surface area contributed by atoms with Crippen molar-refractivity contribution in [3.63, 3.8) is 0 Å². The van der Waals surface area contributed by atoms with Gasteiger partial charge in [0.15, 0.2) is 0 Å². The third-order valence-corrected chi connectivity index (χ3v) is 6.00. The molecule has 0 amide bonds. The summed E-state index contributed by atoms with van der Waals surface area (Å²) in [5.41, 5.74) is 2.52. The summed E-state index contributed by atoms with van der Waals surface area (Å²) in [5, 5.41) is 15.4. The molecule has 1 saturated heterocycles. The summed E-state index contributed by atoms with van der Waals surface area (Å²) in [6.07, 6.45) is 6.63. The van der Waals surface area contributed by atoms with Gasteiger partial charge >= 0.3 is 0 Å². The highest BCUT2D eigenvalue weighted by Crippen LogP contribution is 2.32. The van der Waals surface area contributed by atoms with Gasteiger partial charge in [-0.05, 0) is 56.2 Å². The minimum atomic E-state index is -0.717. The average molecular weight is 494 g/mol. The third-order valence-electron chi connectivity index (χ3n) is 6.00. The molecule has 0 saturated carbocycles. The lowest BCUT2D eigenvalue weighted by Gasteiger charge is -2.27. The Labute approximate surface area is 211 Å². The highest BCUT2D eigenvalue weighted by atomic mass is 19.1. The predicted octanol–water partition coefficient (Wildman–Crippen LogP) is 4.10. The van der Waals surface area contributed by atoms with Crippen molar-refractivity contribution in [3.8, 4) is 29.7 Å². The minimum Gasteiger partial charge on any atom is -0.439 e. The summed E-state index contributed by atoms with van der Waals surface area (Å²) in [6, 6.07) is 15.6. The van der Waals surface area contributed by atoms with Crippen LogP contribution in [0.15, 0.2) is 54.6 Å². The summed E-state index contributed by atoms with van der Waals surface area (Å²) >= 11 is 0. The van der Waals surface area contributed by atoms with Crippen LogP contribution >= 0.6 is 0 Å². The Kier molecular flexibility index (Phi) is 9.09. The smallest absolute Gasteiger partial charge is 0.227 e. The van der Waals surface area contributed by atoms with Crippen LogP contribution in [0.25, 0.3) is 5.69 Å². The number of terminal acetylenes is 1. The van der Waals surface area contributed by atoms with Gasteiger partial charge < -0.3 is 19.3 Å². The quantitative estimate of drug-likeness (QED) is 0.303. The Balaban J connectivity index is 1.63. The van der Waals surface area contributed by atoms with Crippen molar-refractivity contribution in [2.75, 3.05) is 32.9 Å². The van der Waals surface area contributed by atoms with E-state index in [0.29, 0.717) is 31.3 Å². The Morgan fingerprint density at radius 1 is 1.25 bits per heavy atom. The van der Waals surface area contributed by atoms with Gasteiger partial charge in [0.25, 0.3) is 0 Å². The number of ether oxygens (including phenoxy) is 3. The van der Waals surface area contributed by atoms with Crippen LogP contribution in [0.3, 0.4) is 0 Å². The molecule has 36 heavy (non-hydrogen) atoms. The molecule has 7 nitrogen and oxygen atoms in total. The first kappa shape index (κ1) is 25.9. The van der Waals surface area contributed by atoms with E-state index in [2.05, 4.69) is 10.8 Å². The molecule has 1 fully saturated rings. The Bertz CT molecular complexity index is 1140.